The Kier molecular flexibility index (Phi) is 5.16. The summed E-state index contributed by atoms with van der Waals surface area (Å²) in [5.41, 5.74) is 1.58. The lowest BCUT2D eigenvalue weighted by atomic mass is 10.1. The predicted molar refractivity (Wildman–Crippen MR) is 95.4 cm³/mol. The minimum Gasteiger partial charge on any atom is -0.496 e. The average Bonchev–Trinajstić information content (AvgIpc) is 3.08. The largest absolute Gasteiger partial charge is 0.496 e. The van der Waals surface area contributed by atoms with Crippen molar-refractivity contribution in [3.63, 3.8) is 0 Å². The first-order chi connectivity index (χ1) is 13.0. The van der Waals surface area contributed by atoms with Gasteiger partial charge in [-0.25, -0.2) is 4.79 Å². The third-order valence-electron chi connectivity index (χ3n) is 3.95. The first-order valence-corrected chi connectivity index (χ1v) is 8.01. The summed E-state index contributed by atoms with van der Waals surface area (Å²) in [5, 5.41) is 14.9. The molecule has 3 aromatic rings. The highest BCUT2D eigenvalue weighted by molar-refractivity contribution is 5.97. The Morgan fingerprint density at radius 3 is 2.63 bits per heavy atom. The monoisotopic (exact) mass is 368 g/mol. The first kappa shape index (κ1) is 18.1. The van der Waals surface area contributed by atoms with Crippen molar-refractivity contribution < 1.29 is 23.7 Å². The van der Waals surface area contributed by atoms with Gasteiger partial charge in [0, 0.05) is 23.3 Å². The van der Waals surface area contributed by atoms with E-state index in [4.69, 9.17) is 14.0 Å². The maximum absolute atomic E-state index is 12.6. The Morgan fingerprint density at radius 2 is 1.96 bits per heavy atom. The van der Waals surface area contributed by atoms with E-state index >= 15 is 0 Å². The molecule has 27 heavy (non-hydrogen) atoms. The van der Waals surface area contributed by atoms with Crippen molar-refractivity contribution in [1.82, 2.24) is 5.16 Å². The number of carbonyl (C=O) groups excluding carboxylic acids is 1. The van der Waals surface area contributed by atoms with Crippen molar-refractivity contribution >= 4 is 11.7 Å². The normalized spacial score (nSPS) is 10.4. The van der Waals surface area contributed by atoms with Gasteiger partial charge in [-0.1, -0.05) is 35.5 Å². The van der Waals surface area contributed by atoms with Crippen LogP contribution in [-0.4, -0.2) is 23.2 Å². The summed E-state index contributed by atoms with van der Waals surface area (Å²) in [7, 11) is 1.43. The van der Waals surface area contributed by atoms with E-state index in [2.05, 4.69) is 5.16 Å². The number of nitrogens with zero attached hydrogens (tertiary/aromatic N) is 2. The van der Waals surface area contributed by atoms with Gasteiger partial charge in [-0.05, 0) is 13.0 Å². The van der Waals surface area contributed by atoms with Crippen LogP contribution >= 0.6 is 0 Å². The summed E-state index contributed by atoms with van der Waals surface area (Å²) >= 11 is 0. The molecular formula is C19H16N2O6. The van der Waals surface area contributed by atoms with E-state index in [9.17, 15) is 14.9 Å². The molecule has 0 atom stereocenters. The van der Waals surface area contributed by atoms with E-state index in [0.717, 1.165) is 0 Å². The van der Waals surface area contributed by atoms with E-state index in [1.54, 1.807) is 19.1 Å². The molecule has 0 fully saturated rings. The fraction of sp³-hybridized carbons (Fsp3) is 0.158. The van der Waals surface area contributed by atoms with Crippen LogP contribution in [-0.2, 0) is 11.3 Å². The summed E-state index contributed by atoms with van der Waals surface area (Å²) in [5.74, 6) is 0.0738. The molecule has 1 aromatic heterocycles. The number of esters is 1. The molecule has 0 N–H and O–H groups in total. The van der Waals surface area contributed by atoms with Crippen molar-refractivity contribution in [3.05, 3.63) is 75.5 Å². The van der Waals surface area contributed by atoms with Crippen molar-refractivity contribution in [2.75, 3.05) is 7.11 Å². The standard InChI is InChI=1S/C19H16N2O6/c1-12-17(18(20-27-12)13-6-4-3-5-7-13)19(22)26-11-14-10-15(21(23)24)8-9-16(14)25-2/h3-10H,11H2,1-2H3. The number of nitro groups is 1. The van der Waals surface area contributed by atoms with Crippen LogP contribution in [0.1, 0.15) is 21.7 Å². The topological polar surface area (TPSA) is 105 Å². The molecule has 0 saturated heterocycles. The number of aromatic nitrogens is 1. The minimum absolute atomic E-state index is 0.118. The lowest BCUT2D eigenvalue weighted by Gasteiger charge is -2.09. The molecule has 1 heterocycles. The van der Waals surface area contributed by atoms with Gasteiger partial charge >= 0.3 is 5.97 Å². The van der Waals surface area contributed by atoms with Crippen LogP contribution in [0.15, 0.2) is 53.1 Å². The van der Waals surface area contributed by atoms with Gasteiger partial charge in [-0.3, -0.25) is 10.1 Å². The van der Waals surface area contributed by atoms with Crippen LogP contribution in [0.5, 0.6) is 5.75 Å². The molecule has 0 aliphatic rings. The third kappa shape index (κ3) is 3.79. The van der Waals surface area contributed by atoms with Gasteiger partial charge in [0.05, 0.1) is 12.0 Å². The Balaban J connectivity index is 1.85. The fourth-order valence-electron chi connectivity index (χ4n) is 2.61. The molecule has 8 nitrogen and oxygen atoms in total. The average molecular weight is 368 g/mol. The van der Waals surface area contributed by atoms with E-state index < -0.39 is 10.9 Å². The predicted octanol–water partition coefficient (Wildman–Crippen LogP) is 3.92. The molecule has 0 amide bonds. The van der Waals surface area contributed by atoms with Crippen LogP contribution in [0.25, 0.3) is 11.3 Å². The SMILES string of the molecule is COc1ccc([N+](=O)[O-])cc1COC(=O)c1c(-c2ccccc2)noc1C. The molecule has 0 spiro atoms. The molecule has 0 aliphatic carbocycles. The highest BCUT2D eigenvalue weighted by Crippen LogP contribution is 2.28. The van der Waals surface area contributed by atoms with Gasteiger partial charge < -0.3 is 14.0 Å². The molecule has 138 valence electrons. The van der Waals surface area contributed by atoms with Crippen LogP contribution in [0, 0.1) is 17.0 Å². The first-order valence-electron chi connectivity index (χ1n) is 8.01. The van der Waals surface area contributed by atoms with Crippen LogP contribution in [0.3, 0.4) is 0 Å². The molecule has 0 aliphatic heterocycles. The highest BCUT2D eigenvalue weighted by Gasteiger charge is 2.23. The zero-order valence-corrected chi connectivity index (χ0v) is 14.7. The Morgan fingerprint density at radius 1 is 1.22 bits per heavy atom. The van der Waals surface area contributed by atoms with Crippen LogP contribution in [0.4, 0.5) is 5.69 Å². The number of ether oxygens (including phenoxy) is 2. The lowest BCUT2D eigenvalue weighted by molar-refractivity contribution is -0.385. The van der Waals surface area contributed by atoms with Gasteiger partial charge in [0.15, 0.2) is 0 Å². The molecule has 0 bridgehead atoms. The molecule has 0 saturated carbocycles. The number of carbonyl (C=O) groups is 1. The van der Waals surface area contributed by atoms with Crippen LogP contribution < -0.4 is 4.74 Å². The number of aryl methyl sites for hydroxylation is 1. The molecule has 8 heteroatoms. The fourth-order valence-corrected chi connectivity index (χ4v) is 2.61. The zero-order chi connectivity index (χ0) is 19.4. The quantitative estimate of drug-likeness (QED) is 0.369. The zero-order valence-electron chi connectivity index (χ0n) is 14.7. The molecule has 3 rings (SSSR count). The highest BCUT2D eigenvalue weighted by atomic mass is 16.6. The smallest absolute Gasteiger partial charge is 0.344 e. The summed E-state index contributed by atoms with van der Waals surface area (Å²) in [6, 6.07) is 13.2. The minimum atomic E-state index is -0.638. The number of rotatable bonds is 6. The Bertz CT molecular complexity index is 981. The number of methoxy groups -OCH3 is 1. The molecular weight excluding hydrogens is 352 g/mol. The number of hydrogen-bond acceptors (Lipinski definition) is 7. The Labute approximate surface area is 154 Å². The summed E-state index contributed by atoms with van der Waals surface area (Å²) in [6.07, 6.45) is 0. The van der Waals surface area contributed by atoms with Crippen molar-refractivity contribution in [1.29, 1.82) is 0 Å². The molecule has 2 aromatic carbocycles. The van der Waals surface area contributed by atoms with Gasteiger partial charge in [-0.15, -0.1) is 0 Å². The van der Waals surface area contributed by atoms with E-state index in [0.29, 0.717) is 28.3 Å². The summed E-state index contributed by atoms with van der Waals surface area (Å²) < 4.78 is 15.7. The summed E-state index contributed by atoms with van der Waals surface area (Å²) in [6.45, 7) is 1.42. The maximum Gasteiger partial charge on any atom is 0.344 e. The van der Waals surface area contributed by atoms with Crippen molar-refractivity contribution in [3.8, 4) is 17.0 Å². The molecule has 0 radical (unpaired) electrons. The second-order valence-electron chi connectivity index (χ2n) is 5.66. The van der Waals surface area contributed by atoms with Crippen LogP contribution in [0.2, 0.25) is 0 Å². The number of hydrogen-bond donors (Lipinski definition) is 0. The number of nitro benzene ring substituents is 1. The van der Waals surface area contributed by atoms with E-state index in [-0.39, 0.29) is 17.9 Å². The summed E-state index contributed by atoms with van der Waals surface area (Å²) in [4.78, 5) is 23.1. The van der Waals surface area contributed by atoms with Gasteiger partial charge in [-0.2, -0.15) is 0 Å². The lowest BCUT2D eigenvalue weighted by Crippen LogP contribution is -2.08. The Hall–Kier alpha value is -3.68. The second-order valence-corrected chi connectivity index (χ2v) is 5.66. The van der Waals surface area contributed by atoms with Crippen molar-refractivity contribution in [2.45, 2.75) is 13.5 Å². The molecule has 0 unspecified atom stereocenters. The number of non-ortho nitro benzene ring substituents is 1. The van der Waals surface area contributed by atoms with E-state index in [1.807, 2.05) is 18.2 Å². The second kappa shape index (κ2) is 7.69. The van der Waals surface area contributed by atoms with Gasteiger partial charge in [0.25, 0.3) is 5.69 Å². The van der Waals surface area contributed by atoms with Gasteiger partial charge in [0.1, 0.15) is 29.4 Å². The van der Waals surface area contributed by atoms with Crippen molar-refractivity contribution in [2.24, 2.45) is 0 Å². The van der Waals surface area contributed by atoms with E-state index in [1.165, 1.54) is 25.3 Å². The third-order valence-corrected chi connectivity index (χ3v) is 3.95. The number of benzene rings is 2. The van der Waals surface area contributed by atoms with Gasteiger partial charge in [0.2, 0.25) is 0 Å². The maximum atomic E-state index is 12.6.